The first-order valence-electron chi connectivity index (χ1n) is 8.26. The number of amides is 1. The number of likely N-dealkylation sites (tertiary alicyclic amines) is 1. The van der Waals surface area contributed by atoms with Crippen LogP contribution in [0.3, 0.4) is 0 Å². The van der Waals surface area contributed by atoms with Gasteiger partial charge in [0, 0.05) is 31.0 Å². The number of para-hydroxylation sites is 1. The van der Waals surface area contributed by atoms with Crippen LogP contribution in [-0.4, -0.2) is 41.4 Å². The number of hydrogen-bond donors (Lipinski definition) is 1. The maximum Gasteiger partial charge on any atom is 0.410 e. The highest BCUT2D eigenvalue weighted by molar-refractivity contribution is 5.68. The smallest absolute Gasteiger partial charge is 0.410 e. The summed E-state index contributed by atoms with van der Waals surface area (Å²) in [6.07, 6.45) is 0.742. The first-order chi connectivity index (χ1) is 10.8. The number of benzene rings is 1. The third-order valence-electron chi connectivity index (χ3n) is 4.39. The van der Waals surface area contributed by atoms with E-state index in [9.17, 15) is 9.90 Å². The number of carbonyl (C=O) groups excluding carboxylic acids is 1. The quantitative estimate of drug-likeness (QED) is 0.910. The number of rotatable bonds is 2. The van der Waals surface area contributed by atoms with Gasteiger partial charge in [0.05, 0.1) is 12.7 Å². The molecule has 0 aliphatic carbocycles. The molecule has 23 heavy (non-hydrogen) atoms. The van der Waals surface area contributed by atoms with E-state index in [-0.39, 0.29) is 12.0 Å². The molecular weight excluding hydrogens is 294 g/mol. The van der Waals surface area contributed by atoms with Gasteiger partial charge in [0.15, 0.2) is 0 Å². The van der Waals surface area contributed by atoms with Gasteiger partial charge in [0.25, 0.3) is 0 Å². The molecule has 5 heteroatoms. The average Bonchev–Trinajstić information content (AvgIpc) is 3.13. The summed E-state index contributed by atoms with van der Waals surface area (Å²) in [5.41, 5.74) is 1.50. The van der Waals surface area contributed by atoms with E-state index in [1.807, 2.05) is 39.0 Å². The molecule has 126 valence electrons. The molecule has 5 nitrogen and oxygen atoms in total. The van der Waals surface area contributed by atoms with Gasteiger partial charge in [0.2, 0.25) is 0 Å². The summed E-state index contributed by atoms with van der Waals surface area (Å²) in [5.74, 6) is 0.842. The lowest BCUT2D eigenvalue weighted by molar-refractivity contribution is 0.0267. The Kier molecular flexibility index (Phi) is 4.23. The summed E-state index contributed by atoms with van der Waals surface area (Å²) in [6.45, 7) is 7.38. The molecule has 2 aliphatic rings. The Morgan fingerprint density at radius 2 is 2.22 bits per heavy atom. The minimum atomic E-state index is -0.615. The molecular formula is C18H25NO4. The monoisotopic (exact) mass is 319 g/mol. The number of aliphatic hydroxyl groups excluding tert-OH is 1. The number of aliphatic hydroxyl groups is 1. The van der Waals surface area contributed by atoms with E-state index in [2.05, 4.69) is 0 Å². The van der Waals surface area contributed by atoms with Crippen molar-refractivity contribution in [3.8, 4) is 5.75 Å². The van der Waals surface area contributed by atoms with E-state index < -0.39 is 11.7 Å². The van der Waals surface area contributed by atoms with Crippen LogP contribution in [0.1, 0.15) is 44.4 Å². The molecule has 0 spiro atoms. The minimum absolute atomic E-state index is 0.0122. The lowest BCUT2D eigenvalue weighted by atomic mass is 9.93. The van der Waals surface area contributed by atoms with Crippen LogP contribution in [0.2, 0.25) is 0 Å². The first-order valence-corrected chi connectivity index (χ1v) is 8.26. The van der Waals surface area contributed by atoms with Gasteiger partial charge in [-0.25, -0.2) is 4.79 Å². The van der Waals surface area contributed by atoms with Gasteiger partial charge in [-0.3, -0.25) is 0 Å². The van der Waals surface area contributed by atoms with Gasteiger partial charge in [-0.05, 0) is 32.8 Å². The summed E-state index contributed by atoms with van der Waals surface area (Å²) in [5, 5.41) is 10.8. The number of hydrogen-bond acceptors (Lipinski definition) is 4. The van der Waals surface area contributed by atoms with E-state index in [1.165, 1.54) is 0 Å². The van der Waals surface area contributed by atoms with E-state index in [1.54, 1.807) is 4.90 Å². The van der Waals surface area contributed by atoms with Crippen LogP contribution < -0.4 is 4.74 Å². The number of ether oxygens (including phenoxy) is 2. The normalized spacial score (nSPS) is 21.7. The van der Waals surface area contributed by atoms with Gasteiger partial charge in [-0.2, -0.15) is 0 Å². The molecule has 2 atom stereocenters. The summed E-state index contributed by atoms with van der Waals surface area (Å²) < 4.78 is 11.1. The summed E-state index contributed by atoms with van der Waals surface area (Å²) in [7, 11) is 0. The molecule has 0 aromatic heterocycles. The Bertz CT molecular complexity index is 593. The van der Waals surface area contributed by atoms with Gasteiger partial charge >= 0.3 is 6.09 Å². The maximum absolute atomic E-state index is 12.2. The third-order valence-corrected chi connectivity index (χ3v) is 4.39. The molecule has 0 bridgehead atoms. The fraction of sp³-hybridized carbons (Fsp3) is 0.611. The van der Waals surface area contributed by atoms with Gasteiger partial charge < -0.3 is 19.5 Å². The summed E-state index contributed by atoms with van der Waals surface area (Å²) in [6, 6.07) is 5.93. The van der Waals surface area contributed by atoms with E-state index in [0.29, 0.717) is 19.7 Å². The van der Waals surface area contributed by atoms with E-state index >= 15 is 0 Å². The third kappa shape index (κ3) is 3.44. The van der Waals surface area contributed by atoms with Crippen LogP contribution in [0.15, 0.2) is 18.2 Å². The topological polar surface area (TPSA) is 59.0 Å². The van der Waals surface area contributed by atoms with Crippen LogP contribution in [0.25, 0.3) is 0 Å². The molecule has 1 aromatic rings. The zero-order chi connectivity index (χ0) is 16.6. The van der Waals surface area contributed by atoms with Crippen molar-refractivity contribution in [3.05, 3.63) is 29.3 Å². The molecule has 2 unspecified atom stereocenters. The molecule has 2 heterocycles. The van der Waals surface area contributed by atoms with Gasteiger partial charge in [-0.1, -0.05) is 18.2 Å². The zero-order valence-electron chi connectivity index (χ0n) is 14.0. The van der Waals surface area contributed by atoms with Crippen LogP contribution in [0, 0.1) is 5.92 Å². The fourth-order valence-electron chi connectivity index (χ4n) is 3.26. The lowest BCUT2D eigenvalue weighted by Crippen LogP contribution is -2.35. The van der Waals surface area contributed by atoms with Crippen molar-refractivity contribution in [2.24, 2.45) is 5.92 Å². The lowest BCUT2D eigenvalue weighted by Gasteiger charge is -2.25. The first kappa shape index (κ1) is 16.1. The molecule has 1 amide bonds. The Morgan fingerprint density at radius 1 is 1.43 bits per heavy atom. The van der Waals surface area contributed by atoms with E-state index in [0.717, 1.165) is 29.7 Å². The number of fused-ring (bicyclic) bond motifs is 1. The summed E-state index contributed by atoms with van der Waals surface area (Å²) in [4.78, 5) is 13.8. The van der Waals surface area contributed by atoms with Crippen molar-refractivity contribution in [3.63, 3.8) is 0 Å². The van der Waals surface area contributed by atoms with Crippen LogP contribution >= 0.6 is 0 Å². The van der Waals surface area contributed by atoms with Crippen molar-refractivity contribution in [1.82, 2.24) is 4.90 Å². The highest BCUT2D eigenvalue weighted by Gasteiger charge is 2.35. The second-order valence-electron chi connectivity index (χ2n) is 7.35. The highest BCUT2D eigenvalue weighted by atomic mass is 16.6. The molecule has 1 aromatic carbocycles. The largest absolute Gasteiger partial charge is 0.493 e. The van der Waals surface area contributed by atoms with Crippen molar-refractivity contribution in [2.45, 2.75) is 45.3 Å². The van der Waals surface area contributed by atoms with Gasteiger partial charge in [-0.15, -0.1) is 0 Å². The van der Waals surface area contributed by atoms with Gasteiger partial charge in [0.1, 0.15) is 11.4 Å². The maximum atomic E-state index is 12.2. The fourth-order valence-corrected chi connectivity index (χ4v) is 3.26. The zero-order valence-corrected chi connectivity index (χ0v) is 14.0. The predicted molar refractivity (Wildman–Crippen MR) is 86.5 cm³/mol. The summed E-state index contributed by atoms with van der Waals surface area (Å²) >= 11 is 0. The Labute approximate surface area is 137 Å². The Morgan fingerprint density at radius 3 is 2.96 bits per heavy atom. The molecule has 1 N–H and O–H groups in total. The SMILES string of the molecule is CC(C)(C)OC(=O)N1CCC(C(O)c2cccc3c2OCC3)C1. The molecule has 2 aliphatic heterocycles. The highest BCUT2D eigenvalue weighted by Crippen LogP contribution is 2.39. The Hall–Kier alpha value is -1.75. The molecule has 0 radical (unpaired) electrons. The van der Waals surface area contributed by atoms with Crippen molar-refractivity contribution in [2.75, 3.05) is 19.7 Å². The molecule has 1 fully saturated rings. The minimum Gasteiger partial charge on any atom is -0.493 e. The number of carbonyl (C=O) groups is 1. The van der Waals surface area contributed by atoms with Crippen molar-refractivity contribution in [1.29, 1.82) is 0 Å². The van der Waals surface area contributed by atoms with Crippen molar-refractivity contribution < 1.29 is 19.4 Å². The molecule has 3 rings (SSSR count). The molecule has 1 saturated heterocycles. The Balaban J connectivity index is 1.67. The second kappa shape index (κ2) is 6.04. The van der Waals surface area contributed by atoms with Crippen LogP contribution in [0.5, 0.6) is 5.75 Å². The second-order valence-corrected chi connectivity index (χ2v) is 7.35. The standard InChI is InChI=1S/C18H25NO4/c1-18(2,3)23-17(21)19-9-7-13(11-19)15(20)14-6-4-5-12-8-10-22-16(12)14/h4-6,13,15,20H,7-11H2,1-3H3. The average molecular weight is 319 g/mol. The molecule has 0 saturated carbocycles. The van der Waals surface area contributed by atoms with E-state index in [4.69, 9.17) is 9.47 Å². The van der Waals surface area contributed by atoms with Crippen LogP contribution in [0.4, 0.5) is 4.79 Å². The van der Waals surface area contributed by atoms with Crippen molar-refractivity contribution >= 4 is 6.09 Å². The van der Waals surface area contributed by atoms with Crippen LogP contribution in [-0.2, 0) is 11.2 Å². The number of nitrogens with zero attached hydrogens (tertiary/aromatic N) is 1. The predicted octanol–water partition coefficient (Wildman–Crippen LogP) is 2.91.